The highest BCUT2D eigenvalue weighted by molar-refractivity contribution is 8.00. The van der Waals surface area contributed by atoms with E-state index in [9.17, 15) is 14.4 Å². The van der Waals surface area contributed by atoms with Gasteiger partial charge in [-0.1, -0.05) is 42.5 Å². The molecule has 3 aromatic carbocycles. The van der Waals surface area contributed by atoms with Crippen molar-refractivity contribution in [2.24, 2.45) is 0 Å². The molecule has 2 N–H and O–H groups in total. The molecule has 0 spiro atoms. The zero-order valence-electron chi connectivity index (χ0n) is 18.4. The summed E-state index contributed by atoms with van der Waals surface area (Å²) < 4.78 is 0. The zero-order valence-corrected chi connectivity index (χ0v) is 20.0. The first-order chi connectivity index (χ1) is 16.5. The van der Waals surface area contributed by atoms with Crippen LogP contribution in [0.3, 0.4) is 0 Å². The first kappa shape index (κ1) is 23.5. The quantitative estimate of drug-likeness (QED) is 0.215. The fraction of sp³-hybridized carbons (Fsp3) is 0.0741. The molecule has 0 fully saturated rings. The fourth-order valence-corrected chi connectivity index (χ4v) is 4.98. The second kappa shape index (κ2) is 11.0. The van der Waals surface area contributed by atoms with E-state index in [1.54, 1.807) is 30.3 Å². The number of hydrogen-bond donors (Lipinski definition) is 2. The molecule has 1 aromatic heterocycles. The normalized spacial score (nSPS) is 11.4. The van der Waals surface area contributed by atoms with Gasteiger partial charge in [-0.25, -0.2) is 0 Å². The van der Waals surface area contributed by atoms with Crippen LogP contribution in [0.2, 0.25) is 0 Å². The van der Waals surface area contributed by atoms with Crippen LogP contribution in [-0.2, 0) is 4.79 Å². The minimum absolute atomic E-state index is 0.0263. The molecule has 0 aliphatic heterocycles. The summed E-state index contributed by atoms with van der Waals surface area (Å²) in [4.78, 5) is 38.7. The van der Waals surface area contributed by atoms with Crippen molar-refractivity contribution in [1.82, 2.24) is 0 Å². The van der Waals surface area contributed by atoms with Gasteiger partial charge in [0.25, 0.3) is 5.91 Å². The second-order valence-electron chi connectivity index (χ2n) is 7.49. The van der Waals surface area contributed by atoms with E-state index in [4.69, 9.17) is 0 Å². The van der Waals surface area contributed by atoms with Crippen molar-refractivity contribution in [3.8, 4) is 0 Å². The number of benzene rings is 3. The van der Waals surface area contributed by atoms with Gasteiger partial charge in [-0.05, 0) is 66.4 Å². The highest BCUT2D eigenvalue weighted by Crippen LogP contribution is 2.37. The molecule has 0 aliphatic rings. The predicted molar refractivity (Wildman–Crippen MR) is 139 cm³/mol. The van der Waals surface area contributed by atoms with Crippen LogP contribution < -0.4 is 10.6 Å². The number of carbonyl (C=O) groups excluding carboxylic acids is 3. The maximum absolute atomic E-state index is 13.3. The molecular formula is C27H22N2O3S2. The number of rotatable bonds is 8. The number of ketones is 1. The lowest BCUT2D eigenvalue weighted by Gasteiger charge is -2.18. The monoisotopic (exact) mass is 486 g/mol. The third-order valence-electron chi connectivity index (χ3n) is 4.99. The summed E-state index contributed by atoms with van der Waals surface area (Å²) >= 11 is 2.78. The van der Waals surface area contributed by atoms with E-state index in [-0.39, 0.29) is 17.6 Å². The Kier molecular flexibility index (Phi) is 7.57. The predicted octanol–water partition coefficient (Wildman–Crippen LogP) is 6.68. The molecule has 4 aromatic rings. The van der Waals surface area contributed by atoms with Crippen molar-refractivity contribution in [2.75, 3.05) is 10.6 Å². The van der Waals surface area contributed by atoms with Gasteiger partial charge in [-0.2, -0.15) is 0 Å². The molecule has 1 heterocycles. The van der Waals surface area contributed by atoms with Gasteiger partial charge < -0.3 is 10.6 Å². The van der Waals surface area contributed by atoms with Gasteiger partial charge in [-0.15, -0.1) is 23.1 Å². The van der Waals surface area contributed by atoms with E-state index in [1.165, 1.54) is 30.0 Å². The van der Waals surface area contributed by atoms with E-state index < -0.39 is 5.25 Å². The van der Waals surface area contributed by atoms with Gasteiger partial charge in [0.15, 0.2) is 5.78 Å². The Morgan fingerprint density at radius 2 is 1.56 bits per heavy atom. The van der Waals surface area contributed by atoms with Crippen LogP contribution in [0.4, 0.5) is 11.4 Å². The summed E-state index contributed by atoms with van der Waals surface area (Å²) in [6, 6.07) is 27.4. The molecule has 170 valence electrons. The number of carbonyl (C=O) groups is 3. The summed E-state index contributed by atoms with van der Waals surface area (Å²) in [5.41, 5.74) is 2.73. The first-order valence-electron chi connectivity index (χ1n) is 10.6. The lowest BCUT2D eigenvalue weighted by Crippen LogP contribution is -2.19. The van der Waals surface area contributed by atoms with Gasteiger partial charge in [0.05, 0.1) is 4.88 Å². The van der Waals surface area contributed by atoms with E-state index in [1.807, 2.05) is 66.0 Å². The summed E-state index contributed by atoms with van der Waals surface area (Å²) in [6.07, 6.45) is 0. The number of amides is 2. The maximum atomic E-state index is 13.3. The summed E-state index contributed by atoms with van der Waals surface area (Å²) in [5.74, 6) is -0.370. The Balaban J connectivity index is 1.53. The van der Waals surface area contributed by atoms with Gasteiger partial charge in [0.2, 0.25) is 5.91 Å². The van der Waals surface area contributed by atoms with Crippen molar-refractivity contribution in [1.29, 1.82) is 0 Å². The van der Waals surface area contributed by atoms with Crippen molar-refractivity contribution in [3.63, 3.8) is 0 Å². The van der Waals surface area contributed by atoms with E-state index >= 15 is 0 Å². The van der Waals surface area contributed by atoms with Gasteiger partial charge in [0, 0.05) is 21.8 Å². The van der Waals surface area contributed by atoms with Crippen molar-refractivity contribution < 1.29 is 14.4 Å². The number of thiophene rings is 1. The maximum Gasteiger partial charge on any atom is 0.265 e. The Hall–Kier alpha value is -3.68. The average Bonchev–Trinajstić information content (AvgIpc) is 3.39. The largest absolute Gasteiger partial charge is 0.325 e. The lowest BCUT2D eigenvalue weighted by atomic mass is 10.1. The standard InChI is InChI=1S/C27H22N2O3S2/c1-18(30)19-12-14-21(15-13-19)28-27(32)25(20-7-3-2-4-8-20)34-23-10-5-9-22(17-23)29-26(31)24-11-6-16-33-24/h2-17,25H,1H3,(H,28,32)(H,29,31). The fourth-order valence-electron chi connectivity index (χ4n) is 3.28. The Morgan fingerprint density at radius 3 is 2.24 bits per heavy atom. The van der Waals surface area contributed by atoms with Crippen LogP contribution in [0, 0.1) is 0 Å². The van der Waals surface area contributed by atoms with Crippen molar-refractivity contribution in [3.05, 3.63) is 112 Å². The number of Topliss-reactive ketones (excluding diaryl/α,β-unsaturated/α-hetero) is 1. The van der Waals surface area contributed by atoms with Crippen LogP contribution in [0.15, 0.2) is 101 Å². The average molecular weight is 487 g/mol. The van der Waals surface area contributed by atoms with Gasteiger partial charge in [0.1, 0.15) is 5.25 Å². The number of hydrogen-bond acceptors (Lipinski definition) is 5. The molecule has 1 unspecified atom stereocenters. The molecule has 2 amide bonds. The first-order valence-corrected chi connectivity index (χ1v) is 12.3. The molecule has 34 heavy (non-hydrogen) atoms. The minimum atomic E-state index is -0.517. The number of anilines is 2. The van der Waals surface area contributed by atoms with Crippen LogP contribution in [-0.4, -0.2) is 17.6 Å². The van der Waals surface area contributed by atoms with E-state index in [0.29, 0.717) is 21.8 Å². The number of thioether (sulfide) groups is 1. The SMILES string of the molecule is CC(=O)c1ccc(NC(=O)C(Sc2cccc(NC(=O)c3cccs3)c2)c2ccccc2)cc1. The van der Waals surface area contributed by atoms with E-state index in [2.05, 4.69) is 10.6 Å². The van der Waals surface area contributed by atoms with Gasteiger partial charge >= 0.3 is 0 Å². The van der Waals surface area contributed by atoms with Crippen molar-refractivity contribution in [2.45, 2.75) is 17.1 Å². The lowest BCUT2D eigenvalue weighted by molar-refractivity contribution is -0.115. The highest BCUT2D eigenvalue weighted by Gasteiger charge is 2.22. The van der Waals surface area contributed by atoms with Crippen LogP contribution in [0.25, 0.3) is 0 Å². The molecule has 0 radical (unpaired) electrons. The topological polar surface area (TPSA) is 75.3 Å². The molecule has 5 nitrogen and oxygen atoms in total. The summed E-state index contributed by atoms with van der Waals surface area (Å²) in [7, 11) is 0. The molecule has 0 saturated carbocycles. The number of nitrogens with one attached hydrogen (secondary N) is 2. The Bertz CT molecular complexity index is 1290. The minimum Gasteiger partial charge on any atom is -0.325 e. The van der Waals surface area contributed by atoms with E-state index in [0.717, 1.165) is 10.5 Å². The molecule has 0 saturated heterocycles. The van der Waals surface area contributed by atoms with Gasteiger partial charge in [-0.3, -0.25) is 14.4 Å². The molecule has 7 heteroatoms. The third-order valence-corrected chi connectivity index (χ3v) is 7.11. The zero-order chi connectivity index (χ0) is 23.9. The molecule has 0 aliphatic carbocycles. The van der Waals surface area contributed by atoms with Crippen LogP contribution >= 0.6 is 23.1 Å². The Morgan fingerprint density at radius 1 is 0.794 bits per heavy atom. The second-order valence-corrected chi connectivity index (χ2v) is 9.62. The van der Waals surface area contributed by atoms with Crippen LogP contribution in [0.5, 0.6) is 0 Å². The third kappa shape index (κ3) is 6.01. The molecule has 4 rings (SSSR count). The molecule has 0 bridgehead atoms. The molecular weight excluding hydrogens is 464 g/mol. The molecule has 1 atom stereocenters. The van der Waals surface area contributed by atoms with Crippen molar-refractivity contribution >= 4 is 52.1 Å². The highest BCUT2D eigenvalue weighted by atomic mass is 32.2. The summed E-state index contributed by atoms with van der Waals surface area (Å²) in [5, 5.41) is 7.21. The summed E-state index contributed by atoms with van der Waals surface area (Å²) in [6.45, 7) is 1.51. The smallest absolute Gasteiger partial charge is 0.265 e. The van der Waals surface area contributed by atoms with Crippen LogP contribution in [0.1, 0.15) is 37.8 Å². The Labute approximate surface area is 206 Å².